The summed E-state index contributed by atoms with van der Waals surface area (Å²) in [4.78, 5) is 16.1. The lowest BCUT2D eigenvalue weighted by atomic mass is 10.1. The molecule has 2 rings (SSSR count). The predicted molar refractivity (Wildman–Crippen MR) is 80.7 cm³/mol. The molecule has 1 amide bonds. The van der Waals surface area contributed by atoms with Gasteiger partial charge in [0.2, 0.25) is 0 Å². The van der Waals surface area contributed by atoms with E-state index in [1.807, 2.05) is 25.1 Å². The number of carbonyl (C=O) groups excluding carboxylic acids is 1. The van der Waals surface area contributed by atoms with Crippen LogP contribution in [0.25, 0.3) is 0 Å². The summed E-state index contributed by atoms with van der Waals surface area (Å²) in [6.07, 6.45) is 1.61. The van der Waals surface area contributed by atoms with Crippen LogP contribution in [0.3, 0.4) is 0 Å². The number of hydrogen-bond donors (Lipinski definition) is 2. The Morgan fingerprint density at radius 3 is 2.71 bits per heavy atom. The molecule has 1 heterocycles. The van der Waals surface area contributed by atoms with Gasteiger partial charge in [0.1, 0.15) is 5.69 Å². The molecular formula is C16H16N4O. The van der Waals surface area contributed by atoms with E-state index in [-0.39, 0.29) is 5.91 Å². The zero-order chi connectivity index (χ0) is 15.1. The fraction of sp³-hybridized carbons (Fsp3) is 0.188. The molecule has 2 aromatic rings. The fourth-order valence-corrected chi connectivity index (χ4v) is 1.84. The van der Waals surface area contributed by atoms with Gasteiger partial charge in [0.15, 0.2) is 0 Å². The highest BCUT2D eigenvalue weighted by atomic mass is 16.1. The lowest BCUT2D eigenvalue weighted by Gasteiger charge is -2.07. The van der Waals surface area contributed by atoms with E-state index in [1.54, 1.807) is 24.4 Å². The number of hydrogen-bond acceptors (Lipinski definition) is 4. The largest absolute Gasteiger partial charge is 0.385 e. The summed E-state index contributed by atoms with van der Waals surface area (Å²) in [5, 5.41) is 14.7. The third kappa shape index (κ3) is 4.05. The highest BCUT2D eigenvalue weighted by Crippen LogP contribution is 2.08. The van der Waals surface area contributed by atoms with Crippen LogP contribution in [0.1, 0.15) is 28.5 Å². The van der Waals surface area contributed by atoms with Crippen molar-refractivity contribution in [3.8, 4) is 6.07 Å². The molecule has 106 valence electrons. The Morgan fingerprint density at radius 1 is 1.29 bits per heavy atom. The van der Waals surface area contributed by atoms with Gasteiger partial charge in [-0.1, -0.05) is 12.1 Å². The van der Waals surface area contributed by atoms with Crippen LogP contribution in [0.5, 0.6) is 0 Å². The van der Waals surface area contributed by atoms with Crippen molar-refractivity contribution in [2.24, 2.45) is 0 Å². The maximum Gasteiger partial charge on any atom is 0.270 e. The Kier molecular flexibility index (Phi) is 4.89. The highest BCUT2D eigenvalue weighted by Gasteiger charge is 2.07. The maximum atomic E-state index is 12.0. The van der Waals surface area contributed by atoms with Gasteiger partial charge in [0, 0.05) is 25.0 Å². The Morgan fingerprint density at radius 2 is 2.05 bits per heavy atom. The number of nitriles is 1. The van der Waals surface area contributed by atoms with Gasteiger partial charge in [-0.2, -0.15) is 5.26 Å². The number of nitrogens with one attached hydrogen (secondary N) is 2. The van der Waals surface area contributed by atoms with Crippen LogP contribution in [0.4, 0.5) is 5.69 Å². The first kappa shape index (κ1) is 14.5. The molecule has 0 aliphatic heterocycles. The summed E-state index contributed by atoms with van der Waals surface area (Å²) in [6, 6.07) is 12.7. The van der Waals surface area contributed by atoms with Crippen LogP contribution in [0, 0.1) is 11.3 Å². The number of carbonyl (C=O) groups is 1. The van der Waals surface area contributed by atoms with Crippen molar-refractivity contribution >= 4 is 11.6 Å². The van der Waals surface area contributed by atoms with Crippen LogP contribution in [-0.4, -0.2) is 17.4 Å². The molecule has 0 spiro atoms. The number of rotatable bonds is 5. The van der Waals surface area contributed by atoms with Crippen molar-refractivity contribution in [3.05, 3.63) is 59.4 Å². The molecule has 2 N–H and O–H groups in total. The Balaban J connectivity index is 1.97. The lowest BCUT2D eigenvalue weighted by molar-refractivity contribution is 0.0946. The van der Waals surface area contributed by atoms with Crippen LogP contribution in [0.2, 0.25) is 0 Å². The zero-order valence-corrected chi connectivity index (χ0v) is 11.8. The SMILES string of the molecule is CCNc1ccnc(C(=O)NCc2ccc(C#N)cc2)c1. The molecule has 1 aromatic heterocycles. The Bertz CT molecular complexity index is 659. The van der Waals surface area contributed by atoms with E-state index >= 15 is 0 Å². The fourth-order valence-electron chi connectivity index (χ4n) is 1.84. The van der Waals surface area contributed by atoms with Crippen molar-refractivity contribution < 1.29 is 4.79 Å². The van der Waals surface area contributed by atoms with Crippen molar-refractivity contribution in [1.29, 1.82) is 5.26 Å². The predicted octanol–water partition coefficient (Wildman–Crippen LogP) is 2.32. The van der Waals surface area contributed by atoms with Crippen molar-refractivity contribution in [2.75, 3.05) is 11.9 Å². The standard InChI is InChI=1S/C16H16N4O/c1-2-18-14-7-8-19-15(9-14)16(21)20-11-13-5-3-12(10-17)4-6-13/h3-9H,2,11H2,1H3,(H,18,19)(H,20,21). The molecule has 0 unspecified atom stereocenters. The molecule has 5 nitrogen and oxygen atoms in total. The topological polar surface area (TPSA) is 77.8 Å². The smallest absolute Gasteiger partial charge is 0.270 e. The molecule has 0 atom stereocenters. The average molecular weight is 280 g/mol. The van der Waals surface area contributed by atoms with Crippen LogP contribution < -0.4 is 10.6 Å². The molecule has 5 heteroatoms. The normalized spacial score (nSPS) is 9.71. The van der Waals surface area contributed by atoms with Crippen LogP contribution in [-0.2, 0) is 6.54 Å². The molecule has 0 aliphatic carbocycles. The maximum absolute atomic E-state index is 12.0. The van der Waals surface area contributed by atoms with Gasteiger partial charge < -0.3 is 10.6 Å². The Hall–Kier alpha value is -2.87. The number of anilines is 1. The Labute approximate surface area is 123 Å². The van der Waals surface area contributed by atoms with E-state index in [4.69, 9.17) is 5.26 Å². The molecular weight excluding hydrogens is 264 g/mol. The number of aromatic nitrogens is 1. The van der Waals surface area contributed by atoms with E-state index in [2.05, 4.69) is 21.7 Å². The van der Waals surface area contributed by atoms with Crippen molar-refractivity contribution in [1.82, 2.24) is 10.3 Å². The van der Waals surface area contributed by atoms with E-state index in [9.17, 15) is 4.79 Å². The summed E-state index contributed by atoms with van der Waals surface area (Å²) >= 11 is 0. The molecule has 0 saturated heterocycles. The number of amides is 1. The van der Waals surface area contributed by atoms with Crippen LogP contribution in [0.15, 0.2) is 42.6 Å². The number of pyridine rings is 1. The summed E-state index contributed by atoms with van der Waals surface area (Å²) in [7, 11) is 0. The summed E-state index contributed by atoms with van der Waals surface area (Å²) in [6.45, 7) is 3.18. The molecule has 0 fully saturated rings. The second kappa shape index (κ2) is 7.06. The van der Waals surface area contributed by atoms with Gasteiger partial charge in [-0.3, -0.25) is 9.78 Å². The average Bonchev–Trinajstić information content (AvgIpc) is 2.53. The van der Waals surface area contributed by atoms with Crippen molar-refractivity contribution in [3.63, 3.8) is 0 Å². The second-order valence-electron chi connectivity index (χ2n) is 4.45. The summed E-state index contributed by atoms with van der Waals surface area (Å²) in [5.74, 6) is -0.223. The van der Waals surface area contributed by atoms with E-state index in [1.165, 1.54) is 0 Å². The van der Waals surface area contributed by atoms with Gasteiger partial charge >= 0.3 is 0 Å². The van der Waals surface area contributed by atoms with Gasteiger partial charge in [0.25, 0.3) is 5.91 Å². The minimum atomic E-state index is -0.223. The summed E-state index contributed by atoms with van der Waals surface area (Å²) < 4.78 is 0. The molecule has 0 radical (unpaired) electrons. The second-order valence-corrected chi connectivity index (χ2v) is 4.45. The first-order valence-electron chi connectivity index (χ1n) is 6.70. The van der Waals surface area contributed by atoms with Gasteiger partial charge in [0.05, 0.1) is 11.6 Å². The highest BCUT2D eigenvalue weighted by molar-refractivity contribution is 5.93. The zero-order valence-electron chi connectivity index (χ0n) is 11.8. The number of benzene rings is 1. The van der Waals surface area contributed by atoms with Crippen LogP contribution >= 0.6 is 0 Å². The minimum absolute atomic E-state index is 0.223. The number of nitrogens with zero attached hydrogens (tertiary/aromatic N) is 2. The van der Waals surface area contributed by atoms with Gasteiger partial charge in [-0.15, -0.1) is 0 Å². The van der Waals surface area contributed by atoms with Crippen molar-refractivity contribution in [2.45, 2.75) is 13.5 Å². The third-order valence-electron chi connectivity index (χ3n) is 2.91. The van der Waals surface area contributed by atoms with Gasteiger partial charge in [-0.25, -0.2) is 0 Å². The van der Waals surface area contributed by atoms with E-state index in [0.717, 1.165) is 17.8 Å². The monoisotopic (exact) mass is 280 g/mol. The quantitative estimate of drug-likeness (QED) is 0.881. The lowest BCUT2D eigenvalue weighted by Crippen LogP contribution is -2.23. The molecule has 21 heavy (non-hydrogen) atoms. The molecule has 1 aromatic carbocycles. The third-order valence-corrected chi connectivity index (χ3v) is 2.91. The first-order chi connectivity index (χ1) is 10.2. The first-order valence-corrected chi connectivity index (χ1v) is 6.70. The van der Waals surface area contributed by atoms with Gasteiger partial charge in [-0.05, 0) is 36.8 Å². The summed E-state index contributed by atoms with van der Waals surface area (Å²) in [5.41, 5.74) is 2.79. The molecule has 0 bridgehead atoms. The van der Waals surface area contributed by atoms with E-state index in [0.29, 0.717) is 17.8 Å². The molecule has 0 saturated carbocycles. The molecule has 0 aliphatic rings. The minimum Gasteiger partial charge on any atom is -0.385 e. The van der Waals surface area contributed by atoms with E-state index < -0.39 is 0 Å².